The van der Waals surface area contributed by atoms with Crippen molar-refractivity contribution in [3.05, 3.63) is 48.4 Å². The first kappa shape index (κ1) is 19.1. The van der Waals surface area contributed by atoms with Gasteiger partial charge in [0.15, 0.2) is 0 Å². The number of halogens is 1. The van der Waals surface area contributed by atoms with E-state index in [9.17, 15) is 14.0 Å². The molecule has 29 heavy (non-hydrogen) atoms. The van der Waals surface area contributed by atoms with E-state index in [1.165, 1.54) is 17.0 Å². The highest BCUT2D eigenvalue weighted by Gasteiger charge is 2.33. The van der Waals surface area contributed by atoms with E-state index in [0.29, 0.717) is 37.7 Å². The molecule has 0 saturated carbocycles. The molecule has 152 valence electrons. The van der Waals surface area contributed by atoms with Gasteiger partial charge in [0.2, 0.25) is 11.8 Å². The molecule has 2 aromatic rings. The first-order valence-electron chi connectivity index (χ1n) is 9.64. The Labute approximate surface area is 167 Å². The molecule has 9 heteroatoms. The Morgan fingerprint density at radius 2 is 2.00 bits per heavy atom. The molecule has 0 radical (unpaired) electrons. The predicted octanol–water partition coefficient (Wildman–Crippen LogP) is 1.93. The zero-order chi connectivity index (χ0) is 20.2. The van der Waals surface area contributed by atoms with Crippen LogP contribution in [0.4, 0.5) is 14.9 Å². The summed E-state index contributed by atoms with van der Waals surface area (Å²) in [5, 5.41) is 7.71. The molecule has 2 saturated heterocycles. The Hall–Kier alpha value is -3.23. The first-order chi connectivity index (χ1) is 14.1. The average Bonchev–Trinajstić information content (AvgIpc) is 3.10. The number of hydrogen-bond donors (Lipinski definition) is 0. The number of urea groups is 1. The van der Waals surface area contributed by atoms with Crippen LogP contribution in [0.2, 0.25) is 0 Å². The van der Waals surface area contributed by atoms with Crippen molar-refractivity contribution in [2.45, 2.75) is 18.9 Å². The van der Waals surface area contributed by atoms with Crippen molar-refractivity contribution in [2.75, 3.05) is 37.6 Å². The summed E-state index contributed by atoms with van der Waals surface area (Å²) in [5.74, 6) is -0.0148. The Balaban J connectivity index is 1.33. The lowest BCUT2D eigenvalue weighted by Gasteiger charge is -2.33. The van der Waals surface area contributed by atoms with Crippen molar-refractivity contribution < 1.29 is 18.7 Å². The molecule has 3 heterocycles. The maximum atomic E-state index is 13.1. The summed E-state index contributed by atoms with van der Waals surface area (Å²) < 4.78 is 18.9. The molecule has 0 N–H and O–H groups in total. The van der Waals surface area contributed by atoms with Gasteiger partial charge in [0.25, 0.3) is 0 Å². The van der Waals surface area contributed by atoms with Gasteiger partial charge in [-0.05, 0) is 43.2 Å². The summed E-state index contributed by atoms with van der Waals surface area (Å²) in [6.45, 7) is 2.04. The molecule has 1 unspecified atom stereocenters. The van der Waals surface area contributed by atoms with Crippen LogP contribution in [0.1, 0.15) is 12.8 Å². The number of amides is 3. The van der Waals surface area contributed by atoms with Gasteiger partial charge >= 0.3 is 6.03 Å². The smallest absolute Gasteiger partial charge is 0.325 e. The number of ether oxygens (including phenoxy) is 1. The second kappa shape index (κ2) is 8.42. The van der Waals surface area contributed by atoms with Crippen LogP contribution in [0.3, 0.4) is 0 Å². The van der Waals surface area contributed by atoms with Gasteiger partial charge in [0, 0.05) is 37.6 Å². The van der Waals surface area contributed by atoms with Crippen LogP contribution >= 0.6 is 0 Å². The Kier molecular flexibility index (Phi) is 5.55. The van der Waals surface area contributed by atoms with Crippen molar-refractivity contribution in [1.29, 1.82) is 0 Å². The zero-order valence-electron chi connectivity index (χ0n) is 15.9. The largest absolute Gasteiger partial charge is 0.471 e. The van der Waals surface area contributed by atoms with Crippen LogP contribution in [-0.4, -0.2) is 70.8 Å². The van der Waals surface area contributed by atoms with Crippen molar-refractivity contribution >= 4 is 17.6 Å². The standard InChI is InChI=1S/C20H22FN5O3/c21-15-5-7-16(8-6-15)26-12-11-25(20(26)28)14-19(27)24-10-2-3-17(13-24)29-18-4-1-9-22-23-18/h1,4-9,17H,2-3,10-14H2. The van der Waals surface area contributed by atoms with Crippen LogP contribution in [-0.2, 0) is 4.79 Å². The van der Waals surface area contributed by atoms with Crippen molar-refractivity contribution in [3.63, 3.8) is 0 Å². The van der Waals surface area contributed by atoms with E-state index in [4.69, 9.17) is 4.74 Å². The number of anilines is 1. The van der Waals surface area contributed by atoms with E-state index in [1.807, 2.05) is 0 Å². The predicted molar refractivity (Wildman–Crippen MR) is 103 cm³/mol. The van der Waals surface area contributed by atoms with E-state index in [0.717, 1.165) is 12.8 Å². The topological polar surface area (TPSA) is 78.9 Å². The molecule has 1 aromatic carbocycles. The van der Waals surface area contributed by atoms with Crippen LogP contribution in [0.5, 0.6) is 5.88 Å². The fraction of sp³-hybridized carbons (Fsp3) is 0.400. The third-order valence-corrected chi connectivity index (χ3v) is 5.13. The van der Waals surface area contributed by atoms with E-state index in [2.05, 4.69) is 10.2 Å². The van der Waals surface area contributed by atoms with Crippen molar-refractivity contribution in [1.82, 2.24) is 20.0 Å². The van der Waals surface area contributed by atoms with E-state index in [-0.39, 0.29) is 30.4 Å². The minimum absolute atomic E-state index is 0.0222. The lowest BCUT2D eigenvalue weighted by Crippen LogP contribution is -2.48. The van der Waals surface area contributed by atoms with E-state index < -0.39 is 0 Å². The Bertz CT molecular complexity index is 864. The van der Waals surface area contributed by atoms with Crippen LogP contribution in [0, 0.1) is 5.82 Å². The molecule has 2 fully saturated rings. The minimum Gasteiger partial charge on any atom is -0.471 e. The van der Waals surface area contributed by atoms with Gasteiger partial charge in [-0.2, -0.15) is 5.10 Å². The molecule has 2 aliphatic rings. The highest BCUT2D eigenvalue weighted by Crippen LogP contribution is 2.21. The van der Waals surface area contributed by atoms with Crippen molar-refractivity contribution in [3.8, 4) is 5.88 Å². The second-order valence-electron chi connectivity index (χ2n) is 7.12. The normalized spacial score (nSPS) is 19.6. The van der Waals surface area contributed by atoms with Gasteiger partial charge in [-0.3, -0.25) is 9.69 Å². The molecule has 2 aliphatic heterocycles. The molecule has 0 bridgehead atoms. The quantitative estimate of drug-likeness (QED) is 0.768. The number of carbonyl (C=O) groups excluding carboxylic acids is 2. The highest BCUT2D eigenvalue weighted by molar-refractivity contribution is 5.96. The summed E-state index contributed by atoms with van der Waals surface area (Å²) in [7, 11) is 0. The third-order valence-electron chi connectivity index (χ3n) is 5.13. The molecule has 1 aromatic heterocycles. The van der Waals surface area contributed by atoms with Gasteiger partial charge in [0.1, 0.15) is 18.5 Å². The van der Waals surface area contributed by atoms with Crippen LogP contribution < -0.4 is 9.64 Å². The lowest BCUT2D eigenvalue weighted by atomic mass is 10.1. The number of likely N-dealkylation sites (tertiary alicyclic amines) is 1. The summed E-state index contributed by atoms with van der Waals surface area (Å²) in [4.78, 5) is 30.2. The maximum absolute atomic E-state index is 13.1. The number of rotatable bonds is 5. The number of aromatic nitrogens is 2. The number of piperidine rings is 1. The van der Waals surface area contributed by atoms with E-state index in [1.54, 1.807) is 40.3 Å². The number of carbonyl (C=O) groups is 2. The molecular weight excluding hydrogens is 377 g/mol. The van der Waals surface area contributed by atoms with E-state index >= 15 is 0 Å². The van der Waals surface area contributed by atoms with Gasteiger partial charge in [-0.15, -0.1) is 5.10 Å². The average molecular weight is 399 g/mol. The van der Waals surface area contributed by atoms with Gasteiger partial charge in [-0.1, -0.05) is 0 Å². The summed E-state index contributed by atoms with van der Waals surface area (Å²) in [5.41, 5.74) is 0.627. The molecule has 3 amide bonds. The monoisotopic (exact) mass is 399 g/mol. The SMILES string of the molecule is O=C(CN1CCN(c2ccc(F)cc2)C1=O)N1CCCC(Oc2cccnn2)C1. The fourth-order valence-corrected chi connectivity index (χ4v) is 3.64. The van der Waals surface area contributed by atoms with Crippen LogP contribution in [0.25, 0.3) is 0 Å². The first-order valence-corrected chi connectivity index (χ1v) is 9.64. The fourth-order valence-electron chi connectivity index (χ4n) is 3.64. The molecule has 0 aliphatic carbocycles. The summed E-state index contributed by atoms with van der Waals surface area (Å²) in [6, 6.07) is 9.02. The van der Waals surface area contributed by atoms with Gasteiger partial charge in [-0.25, -0.2) is 9.18 Å². The van der Waals surface area contributed by atoms with Gasteiger partial charge in [0.05, 0.1) is 6.54 Å². The molecular formula is C20H22FN5O3. The van der Waals surface area contributed by atoms with Crippen molar-refractivity contribution in [2.24, 2.45) is 0 Å². The number of nitrogens with zero attached hydrogens (tertiary/aromatic N) is 5. The third kappa shape index (κ3) is 4.44. The Morgan fingerprint density at radius 1 is 1.17 bits per heavy atom. The molecule has 1 atom stereocenters. The number of benzene rings is 1. The molecule has 4 rings (SSSR count). The lowest BCUT2D eigenvalue weighted by molar-refractivity contribution is -0.134. The zero-order valence-corrected chi connectivity index (χ0v) is 15.9. The number of hydrogen-bond acceptors (Lipinski definition) is 5. The van der Waals surface area contributed by atoms with Crippen LogP contribution in [0.15, 0.2) is 42.6 Å². The molecule has 8 nitrogen and oxygen atoms in total. The Morgan fingerprint density at radius 3 is 2.76 bits per heavy atom. The highest BCUT2D eigenvalue weighted by atomic mass is 19.1. The maximum Gasteiger partial charge on any atom is 0.325 e. The van der Waals surface area contributed by atoms with Gasteiger partial charge < -0.3 is 14.5 Å². The molecule has 0 spiro atoms. The second-order valence-corrected chi connectivity index (χ2v) is 7.12. The minimum atomic E-state index is -0.351. The summed E-state index contributed by atoms with van der Waals surface area (Å²) in [6.07, 6.45) is 3.09. The summed E-state index contributed by atoms with van der Waals surface area (Å²) >= 11 is 0.